The number of rotatable bonds is 6. The summed E-state index contributed by atoms with van der Waals surface area (Å²) in [6.45, 7) is 3.58. The van der Waals surface area contributed by atoms with Crippen LogP contribution in [0.5, 0.6) is 0 Å². The molecule has 26 heavy (non-hydrogen) atoms. The number of aliphatic imine (C=N–C) groups is 1. The third kappa shape index (κ3) is 4.94. The van der Waals surface area contributed by atoms with Gasteiger partial charge < -0.3 is 10.6 Å². The van der Waals surface area contributed by atoms with Crippen LogP contribution in [-0.2, 0) is 6.54 Å². The molecule has 0 saturated carbocycles. The summed E-state index contributed by atoms with van der Waals surface area (Å²) in [7, 11) is 1.80. The Morgan fingerprint density at radius 1 is 1.23 bits per heavy atom. The Morgan fingerprint density at radius 2 is 2.15 bits per heavy atom. The molecule has 2 aromatic heterocycles. The fraction of sp³-hybridized carbons (Fsp3) is 0.450. The van der Waals surface area contributed by atoms with Gasteiger partial charge in [0, 0.05) is 38.7 Å². The number of nitrogens with zero attached hydrogens (tertiary/aromatic N) is 4. The first-order valence-electron chi connectivity index (χ1n) is 9.34. The summed E-state index contributed by atoms with van der Waals surface area (Å²) in [6, 6.07) is 4.09. The van der Waals surface area contributed by atoms with Crippen LogP contribution in [0.4, 0.5) is 0 Å². The van der Waals surface area contributed by atoms with Crippen LogP contribution in [0.15, 0.2) is 47.4 Å². The highest BCUT2D eigenvalue weighted by Gasteiger charge is 2.05. The van der Waals surface area contributed by atoms with Crippen molar-refractivity contribution >= 4 is 5.96 Å². The van der Waals surface area contributed by atoms with E-state index in [0.29, 0.717) is 6.54 Å². The van der Waals surface area contributed by atoms with Gasteiger partial charge in [-0.25, -0.2) is 9.97 Å². The number of hydrogen-bond donors (Lipinski definition) is 2. The predicted molar refractivity (Wildman–Crippen MR) is 105 cm³/mol. The first-order valence-corrected chi connectivity index (χ1v) is 9.34. The zero-order valence-electron chi connectivity index (χ0n) is 15.7. The van der Waals surface area contributed by atoms with Gasteiger partial charge in [-0.3, -0.25) is 9.56 Å². The van der Waals surface area contributed by atoms with Gasteiger partial charge in [0.2, 0.25) is 0 Å². The number of guanidine groups is 1. The molecule has 0 aromatic carbocycles. The van der Waals surface area contributed by atoms with Crippen molar-refractivity contribution in [1.29, 1.82) is 0 Å². The van der Waals surface area contributed by atoms with Gasteiger partial charge >= 0.3 is 0 Å². The quantitative estimate of drug-likeness (QED) is 0.476. The number of aromatic nitrogens is 3. The van der Waals surface area contributed by atoms with Gasteiger partial charge in [-0.1, -0.05) is 17.7 Å². The van der Waals surface area contributed by atoms with Crippen LogP contribution in [0.25, 0.3) is 5.82 Å². The number of nitrogens with one attached hydrogen (secondary N) is 2. The lowest BCUT2D eigenvalue weighted by Crippen LogP contribution is -2.37. The zero-order chi connectivity index (χ0) is 18.2. The summed E-state index contributed by atoms with van der Waals surface area (Å²) in [5, 5.41) is 6.74. The molecule has 1 aliphatic carbocycles. The minimum absolute atomic E-state index is 0.693. The summed E-state index contributed by atoms with van der Waals surface area (Å²) in [5.41, 5.74) is 2.69. The fourth-order valence-electron chi connectivity index (χ4n) is 3.16. The smallest absolute Gasteiger partial charge is 0.191 e. The molecule has 0 unspecified atom stereocenters. The average molecular weight is 352 g/mol. The van der Waals surface area contributed by atoms with E-state index < -0.39 is 0 Å². The van der Waals surface area contributed by atoms with Crippen LogP contribution in [0.3, 0.4) is 0 Å². The second kappa shape index (κ2) is 9.17. The fourth-order valence-corrected chi connectivity index (χ4v) is 3.16. The Labute approximate surface area is 155 Å². The largest absolute Gasteiger partial charge is 0.356 e. The Bertz CT molecular complexity index is 757. The highest BCUT2D eigenvalue weighted by atomic mass is 15.2. The molecule has 0 radical (unpaired) electrons. The summed E-state index contributed by atoms with van der Waals surface area (Å²) in [5.74, 6) is 2.64. The normalized spacial score (nSPS) is 14.8. The number of aryl methyl sites for hydroxylation is 1. The number of pyridine rings is 1. The number of allylic oxidation sites excluding steroid dienone is 1. The molecule has 138 valence electrons. The molecule has 0 atom stereocenters. The van der Waals surface area contributed by atoms with E-state index in [1.165, 1.54) is 25.7 Å². The van der Waals surface area contributed by atoms with Crippen LogP contribution in [0, 0.1) is 6.92 Å². The van der Waals surface area contributed by atoms with Gasteiger partial charge in [0.1, 0.15) is 11.6 Å². The van der Waals surface area contributed by atoms with E-state index in [9.17, 15) is 0 Å². The van der Waals surface area contributed by atoms with E-state index in [0.717, 1.165) is 36.1 Å². The molecule has 0 fully saturated rings. The van der Waals surface area contributed by atoms with Gasteiger partial charge in [-0.2, -0.15) is 0 Å². The van der Waals surface area contributed by atoms with Gasteiger partial charge in [-0.05, 0) is 50.7 Å². The van der Waals surface area contributed by atoms with Gasteiger partial charge in [-0.15, -0.1) is 0 Å². The van der Waals surface area contributed by atoms with E-state index in [2.05, 4.69) is 37.7 Å². The van der Waals surface area contributed by atoms with Gasteiger partial charge in [0.25, 0.3) is 0 Å². The molecule has 0 bridgehead atoms. The molecule has 2 heterocycles. The topological polar surface area (TPSA) is 67.1 Å². The van der Waals surface area contributed by atoms with E-state index in [4.69, 9.17) is 0 Å². The van der Waals surface area contributed by atoms with E-state index >= 15 is 0 Å². The zero-order valence-corrected chi connectivity index (χ0v) is 15.7. The lowest BCUT2D eigenvalue weighted by Gasteiger charge is -2.15. The van der Waals surface area contributed by atoms with Crippen molar-refractivity contribution in [3.63, 3.8) is 0 Å². The maximum atomic E-state index is 4.52. The van der Waals surface area contributed by atoms with Crippen molar-refractivity contribution < 1.29 is 0 Å². The first kappa shape index (κ1) is 18.2. The van der Waals surface area contributed by atoms with E-state index in [1.54, 1.807) is 18.8 Å². The minimum Gasteiger partial charge on any atom is -0.356 e. The highest BCUT2D eigenvalue weighted by molar-refractivity contribution is 5.79. The molecule has 3 rings (SSSR count). The SMILES string of the molecule is CN=C(NCCC1=CCCCC1)NCc1ccc(-n2ccnc2C)nc1. The van der Waals surface area contributed by atoms with Crippen molar-refractivity contribution in [2.75, 3.05) is 13.6 Å². The van der Waals surface area contributed by atoms with Crippen molar-refractivity contribution in [3.05, 3.63) is 53.8 Å². The van der Waals surface area contributed by atoms with Crippen LogP contribution in [0.1, 0.15) is 43.5 Å². The maximum absolute atomic E-state index is 4.52. The molecule has 2 aromatic rings. The van der Waals surface area contributed by atoms with Crippen LogP contribution in [0.2, 0.25) is 0 Å². The molecule has 0 spiro atoms. The summed E-state index contributed by atoms with van der Waals surface area (Å²) >= 11 is 0. The minimum atomic E-state index is 0.693. The first-order chi connectivity index (χ1) is 12.8. The van der Waals surface area contributed by atoms with E-state index in [-0.39, 0.29) is 0 Å². The average Bonchev–Trinajstić information content (AvgIpc) is 3.12. The van der Waals surface area contributed by atoms with Crippen LogP contribution < -0.4 is 10.6 Å². The molecular formula is C20H28N6. The van der Waals surface area contributed by atoms with E-state index in [1.807, 2.05) is 30.0 Å². The second-order valence-electron chi connectivity index (χ2n) is 6.58. The molecule has 0 amide bonds. The summed E-state index contributed by atoms with van der Waals surface area (Å²) in [4.78, 5) is 13.1. The lowest BCUT2D eigenvalue weighted by atomic mass is 9.97. The summed E-state index contributed by atoms with van der Waals surface area (Å²) in [6.07, 6.45) is 14.3. The lowest BCUT2D eigenvalue weighted by molar-refractivity contribution is 0.665. The molecule has 2 N–H and O–H groups in total. The standard InChI is InChI=1S/C20H28N6/c1-16-22-12-13-26(16)19-9-8-18(14-24-19)15-25-20(21-2)23-11-10-17-6-4-3-5-7-17/h6,8-9,12-14H,3-5,7,10-11,15H2,1-2H3,(H2,21,23,25). The molecule has 0 saturated heterocycles. The third-order valence-corrected chi connectivity index (χ3v) is 4.69. The van der Waals surface area contributed by atoms with Gasteiger partial charge in [0.15, 0.2) is 5.96 Å². The van der Waals surface area contributed by atoms with Crippen LogP contribution in [-0.4, -0.2) is 34.1 Å². The number of hydrogen-bond acceptors (Lipinski definition) is 3. The molecule has 6 nitrogen and oxygen atoms in total. The Balaban J connectivity index is 1.46. The molecule has 1 aliphatic rings. The van der Waals surface area contributed by atoms with Crippen LogP contribution >= 0.6 is 0 Å². The Kier molecular flexibility index (Phi) is 6.41. The monoisotopic (exact) mass is 352 g/mol. The molecule has 0 aliphatic heterocycles. The molecule has 6 heteroatoms. The predicted octanol–water partition coefficient (Wildman–Crippen LogP) is 3.13. The van der Waals surface area contributed by atoms with Crippen molar-refractivity contribution in [3.8, 4) is 5.82 Å². The van der Waals surface area contributed by atoms with Gasteiger partial charge in [0.05, 0.1) is 0 Å². The molecular weight excluding hydrogens is 324 g/mol. The maximum Gasteiger partial charge on any atom is 0.191 e. The number of imidazole rings is 1. The Morgan fingerprint density at radius 3 is 2.81 bits per heavy atom. The summed E-state index contributed by atoms with van der Waals surface area (Å²) < 4.78 is 1.97. The third-order valence-electron chi connectivity index (χ3n) is 4.69. The van der Waals surface area contributed by atoms with Crippen molar-refractivity contribution in [2.45, 2.75) is 45.6 Å². The highest BCUT2D eigenvalue weighted by Crippen LogP contribution is 2.19. The van der Waals surface area contributed by atoms with Crippen molar-refractivity contribution in [1.82, 2.24) is 25.2 Å². The second-order valence-corrected chi connectivity index (χ2v) is 6.58. The van der Waals surface area contributed by atoms with Crippen molar-refractivity contribution in [2.24, 2.45) is 4.99 Å². The Hall–Kier alpha value is -2.63.